The summed E-state index contributed by atoms with van der Waals surface area (Å²) < 4.78 is 5.58. The molecule has 0 spiro atoms. The van der Waals surface area contributed by atoms with Crippen LogP contribution in [-0.2, 0) is 16.1 Å². The van der Waals surface area contributed by atoms with Gasteiger partial charge in [0.15, 0.2) is 0 Å². The monoisotopic (exact) mass is 346 g/mol. The number of carbonyl (C=O) groups excluding carboxylic acids is 2. The first-order valence-corrected chi connectivity index (χ1v) is 8.97. The number of nitrogens with zero attached hydrogens (tertiary/aromatic N) is 1. The Hall–Kier alpha value is -2.04. The third-order valence-corrected chi connectivity index (χ3v) is 4.37. The van der Waals surface area contributed by atoms with Crippen molar-refractivity contribution in [3.63, 3.8) is 0 Å². The molecule has 1 aliphatic rings. The van der Waals surface area contributed by atoms with Gasteiger partial charge in [0.05, 0.1) is 0 Å². The van der Waals surface area contributed by atoms with Crippen molar-refractivity contribution in [1.82, 2.24) is 10.2 Å². The molecule has 0 saturated carbocycles. The van der Waals surface area contributed by atoms with E-state index in [0.717, 1.165) is 12.0 Å². The molecule has 5 nitrogen and oxygen atoms in total. The largest absolute Gasteiger partial charge is 0.444 e. The topological polar surface area (TPSA) is 58.6 Å². The predicted molar refractivity (Wildman–Crippen MR) is 97.7 cm³/mol. The molecule has 2 rings (SSSR count). The third-order valence-electron chi connectivity index (χ3n) is 4.37. The molecule has 1 N–H and O–H groups in total. The van der Waals surface area contributed by atoms with Gasteiger partial charge in [0.1, 0.15) is 12.8 Å². The molecule has 138 valence electrons. The lowest BCUT2D eigenvalue weighted by Crippen LogP contribution is -2.65. The van der Waals surface area contributed by atoms with Crippen LogP contribution < -0.4 is 5.32 Å². The van der Waals surface area contributed by atoms with Crippen LogP contribution in [0.1, 0.15) is 53.0 Å². The number of rotatable bonds is 4. The first kappa shape index (κ1) is 19.3. The van der Waals surface area contributed by atoms with Crippen LogP contribution in [0.2, 0.25) is 0 Å². The summed E-state index contributed by atoms with van der Waals surface area (Å²) in [5.74, 6) is 0.388. The number of nitrogens with one attached hydrogen (secondary N) is 1. The molecule has 1 aliphatic heterocycles. The summed E-state index contributed by atoms with van der Waals surface area (Å²) >= 11 is 0. The van der Waals surface area contributed by atoms with Gasteiger partial charge in [-0.3, -0.25) is 9.69 Å². The van der Waals surface area contributed by atoms with Crippen molar-refractivity contribution in [2.45, 2.75) is 66.3 Å². The van der Waals surface area contributed by atoms with Gasteiger partial charge in [-0.1, -0.05) is 65.0 Å². The molecule has 0 aliphatic carbocycles. The maximum atomic E-state index is 12.9. The van der Waals surface area contributed by atoms with Crippen molar-refractivity contribution in [2.24, 2.45) is 11.3 Å². The van der Waals surface area contributed by atoms with Crippen molar-refractivity contribution in [3.8, 4) is 0 Å². The molecular weight excluding hydrogens is 316 g/mol. The van der Waals surface area contributed by atoms with E-state index in [1.807, 2.05) is 51.1 Å². The van der Waals surface area contributed by atoms with E-state index in [1.165, 1.54) is 0 Å². The van der Waals surface area contributed by atoms with E-state index in [0.29, 0.717) is 12.3 Å². The highest BCUT2D eigenvalue weighted by Crippen LogP contribution is 2.31. The number of amides is 2. The fourth-order valence-electron chi connectivity index (χ4n) is 3.23. The second kappa shape index (κ2) is 7.89. The highest BCUT2D eigenvalue weighted by atomic mass is 16.6. The number of carbonyl (C=O) groups is 2. The molecule has 1 saturated heterocycles. The SMILES string of the molecule is CC(C)C[C@H]1CC(=O)N[C@@H](C(C)(C)C)N1C(=O)OCc1ccccc1. The van der Waals surface area contributed by atoms with Crippen molar-refractivity contribution in [2.75, 3.05) is 0 Å². The minimum Gasteiger partial charge on any atom is -0.444 e. The van der Waals surface area contributed by atoms with Crippen LogP contribution in [0.25, 0.3) is 0 Å². The zero-order valence-electron chi connectivity index (χ0n) is 15.9. The standard InChI is InChI=1S/C20H30N2O3/c1-14(2)11-16-12-17(23)21-18(20(3,4)5)22(16)19(24)25-13-15-9-7-6-8-10-15/h6-10,14,16,18H,11-13H2,1-5H3,(H,21,23)/t16-,18+/m0/s1. The fourth-order valence-corrected chi connectivity index (χ4v) is 3.23. The minimum absolute atomic E-state index is 0.00214. The van der Waals surface area contributed by atoms with E-state index >= 15 is 0 Å². The molecule has 1 fully saturated rings. The zero-order valence-corrected chi connectivity index (χ0v) is 15.9. The Balaban J connectivity index is 2.19. The van der Waals surface area contributed by atoms with Gasteiger partial charge in [0.25, 0.3) is 0 Å². The van der Waals surface area contributed by atoms with E-state index in [9.17, 15) is 9.59 Å². The second-order valence-corrected chi connectivity index (χ2v) is 8.27. The Labute approximate surface area is 150 Å². The van der Waals surface area contributed by atoms with Crippen molar-refractivity contribution >= 4 is 12.0 Å². The molecule has 1 aromatic carbocycles. The van der Waals surface area contributed by atoms with Crippen LogP contribution in [-0.4, -0.2) is 29.1 Å². The summed E-state index contributed by atoms with van der Waals surface area (Å²) in [4.78, 5) is 26.8. The summed E-state index contributed by atoms with van der Waals surface area (Å²) in [6, 6.07) is 9.49. The molecule has 0 aromatic heterocycles. The van der Waals surface area contributed by atoms with Crippen molar-refractivity contribution in [3.05, 3.63) is 35.9 Å². The molecule has 0 bridgehead atoms. The lowest BCUT2D eigenvalue weighted by atomic mass is 9.86. The highest BCUT2D eigenvalue weighted by Gasteiger charge is 2.43. The molecule has 2 atom stereocenters. The first-order valence-electron chi connectivity index (χ1n) is 8.97. The van der Waals surface area contributed by atoms with E-state index in [4.69, 9.17) is 4.74 Å². The Morgan fingerprint density at radius 3 is 2.48 bits per heavy atom. The average molecular weight is 346 g/mol. The summed E-state index contributed by atoms with van der Waals surface area (Å²) in [7, 11) is 0. The van der Waals surface area contributed by atoms with Crippen LogP contribution in [0.15, 0.2) is 30.3 Å². The van der Waals surface area contributed by atoms with E-state index in [2.05, 4.69) is 19.2 Å². The Morgan fingerprint density at radius 1 is 1.28 bits per heavy atom. The van der Waals surface area contributed by atoms with E-state index in [-0.39, 0.29) is 36.2 Å². The fraction of sp³-hybridized carbons (Fsp3) is 0.600. The van der Waals surface area contributed by atoms with Gasteiger partial charge in [-0.15, -0.1) is 0 Å². The zero-order chi connectivity index (χ0) is 18.6. The average Bonchev–Trinajstić information content (AvgIpc) is 2.51. The quantitative estimate of drug-likeness (QED) is 0.898. The number of hydrogen-bond donors (Lipinski definition) is 1. The second-order valence-electron chi connectivity index (χ2n) is 8.27. The van der Waals surface area contributed by atoms with Crippen LogP contribution >= 0.6 is 0 Å². The number of ether oxygens (including phenoxy) is 1. The summed E-state index contributed by atoms with van der Waals surface area (Å²) in [6.07, 6.45) is 0.362. The molecule has 1 aromatic rings. The smallest absolute Gasteiger partial charge is 0.412 e. The Kier molecular flexibility index (Phi) is 6.09. The van der Waals surface area contributed by atoms with Crippen LogP contribution in [0, 0.1) is 11.3 Å². The van der Waals surface area contributed by atoms with E-state index in [1.54, 1.807) is 4.90 Å². The van der Waals surface area contributed by atoms with Gasteiger partial charge in [0.2, 0.25) is 5.91 Å². The molecule has 0 unspecified atom stereocenters. The molecule has 0 radical (unpaired) electrons. The first-order chi connectivity index (χ1) is 11.7. The van der Waals surface area contributed by atoms with Gasteiger partial charge in [-0.2, -0.15) is 0 Å². The Morgan fingerprint density at radius 2 is 1.92 bits per heavy atom. The maximum absolute atomic E-state index is 12.9. The summed E-state index contributed by atoms with van der Waals surface area (Å²) in [5.41, 5.74) is 0.668. The number of benzene rings is 1. The molecule has 1 heterocycles. The van der Waals surface area contributed by atoms with E-state index < -0.39 is 0 Å². The summed E-state index contributed by atoms with van der Waals surface area (Å²) in [5, 5.41) is 2.97. The van der Waals surface area contributed by atoms with Gasteiger partial charge in [0, 0.05) is 17.9 Å². The molecule has 5 heteroatoms. The molecule has 25 heavy (non-hydrogen) atoms. The van der Waals surface area contributed by atoms with Crippen molar-refractivity contribution < 1.29 is 14.3 Å². The van der Waals surface area contributed by atoms with Crippen LogP contribution in [0.3, 0.4) is 0 Å². The predicted octanol–water partition coefficient (Wildman–Crippen LogP) is 3.93. The van der Waals surface area contributed by atoms with Gasteiger partial charge < -0.3 is 10.1 Å². The lowest BCUT2D eigenvalue weighted by Gasteiger charge is -2.47. The summed E-state index contributed by atoms with van der Waals surface area (Å²) in [6.45, 7) is 10.5. The number of hydrogen-bond acceptors (Lipinski definition) is 3. The third kappa shape index (κ3) is 5.21. The normalized spacial score (nSPS) is 21.2. The van der Waals surface area contributed by atoms with Gasteiger partial charge >= 0.3 is 6.09 Å². The van der Waals surface area contributed by atoms with Crippen LogP contribution in [0.4, 0.5) is 4.79 Å². The molecular formula is C20H30N2O3. The maximum Gasteiger partial charge on any atom is 0.412 e. The lowest BCUT2D eigenvalue weighted by molar-refractivity contribution is -0.131. The Bertz CT molecular complexity index is 593. The van der Waals surface area contributed by atoms with Crippen molar-refractivity contribution in [1.29, 1.82) is 0 Å². The minimum atomic E-state index is -0.374. The molecule has 2 amide bonds. The van der Waals surface area contributed by atoms with Gasteiger partial charge in [-0.05, 0) is 17.9 Å². The van der Waals surface area contributed by atoms with Gasteiger partial charge in [-0.25, -0.2) is 4.79 Å². The highest BCUT2D eigenvalue weighted by molar-refractivity contribution is 5.80. The van der Waals surface area contributed by atoms with Crippen LogP contribution in [0.5, 0.6) is 0 Å².